The number of ether oxygens (including phenoxy) is 1. The lowest BCUT2D eigenvalue weighted by molar-refractivity contribution is -0.138. The number of hydrogen-bond acceptors (Lipinski definition) is 4. The minimum atomic E-state index is -4.73. The zero-order chi connectivity index (χ0) is 18.2. The zero-order valence-electron chi connectivity index (χ0n) is 12.5. The number of imide groups is 1. The average Bonchev–Trinajstić information content (AvgIpc) is 2.83. The number of carbonyl (C=O) groups excluding carboxylic acids is 3. The van der Waals surface area contributed by atoms with E-state index < -0.39 is 41.8 Å². The van der Waals surface area contributed by atoms with Crippen molar-refractivity contribution in [1.82, 2.24) is 4.90 Å². The summed E-state index contributed by atoms with van der Waals surface area (Å²) >= 11 is 0. The molecule has 0 fully saturated rings. The number of nitrogens with zero attached hydrogens (tertiary/aromatic N) is 1. The Bertz CT molecular complexity index is 841. The van der Waals surface area contributed by atoms with Crippen LogP contribution in [0.5, 0.6) is 0 Å². The molecule has 0 bridgehead atoms. The van der Waals surface area contributed by atoms with E-state index in [2.05, 4.69) is 0 Å². The summed E-state index contributed by atoms with van der Waals surface area (Å²) in [4.78, 5) is 36.9. The monoisotopic (exact) mass is 349 g/mol. The molecule has 0 saturated carbocycles. The van der Waals surface area contributed by atoms with Gasteiger partial charge in [0.05, 0.1) is 22.3 Å². The van der Waals surface area contributed by atoms with Crippen molar-refractivity contribution in [2.45, 2.75) is 6.18 Å². The van der Waals surface area contributed by atoms with E-state index in [9.17, 15) is 27.6 Å². The first-order chi connectivity index (χ1) is 11.8. The van der Waals surface area contributed by atoms with Gasteiger partial charge in [0, 0.05) is 0 Å². The van der Waals surface area contributed by atoms with Crippen LogP contribution in [-0.4, -0.2) is 29.4 Å². The van der Waals surface area contributed by atoms with Gasteiger partial charge in [0.25, 0.3) is 11.8 Å². The lowest BCUT2D eigenvalue weighted by atomic mass is 10.1. The summed E-state index contributed by atoms with van der Waals surface area (Å²) in [6, 6.07) is 10.1. The highest BCUT2D eigenvalue weighted by atomic mass is 19.4. The Hall–Kier alpha value is -3.16. The molecule has 1 aliphatic heterocycles. The van der Waals surface area contributed by atoms with Crippen LogP contribution in [0.25, 0.3) is 0 Å². The second-order valence-electron chi connectivity index (χ2n) is 5.19. The van der Waals surface area contributed by atoms with Gasteiger partial charge < -0.3 is 4.74 Å². The Labute approximate surface area is 139 Å². The molecule has 0 N–H and O–H groups in total. The molecule has 25 heavy (non-hydrogen) atoms. The predicted molar refractivity (Wildman–Crippen MR) is 78.7 cm³/mol. The molecule has 2 aromatic carbocycles. The van der Waals surface area contributed by atoms with E-state index in [1.54, 1.807) is 12.1 Å². The Kier molecular flexibility index (Phi) is 4.03. The van der Waals surface area contributed by atoms with Crippen molar-refractivity contribution in [2.24, 2.45) is 0 Å². The van der Waals surface area contributed by atoms with Crippen LogP contribution >= 0.6 is 0 Å². The second-order valence-corrected chi connectivity index (χ2v) is 5.19. The molecule has 0 radical (unpaired) electrons. The van der Waals surface area contributed by atoms with E-state index in [1.807, 2.05) is 0 Å². The van der Waals surface area contributed by atoms with E-state index in [-0.39, 0.29) is 11.1 Å². The van der Waals surface area contributed by atoms with E-state index in [4.69, 9.17) is 4.74 Å². The Morgan fingerprint density at radius 1 is 0.920 bits per heavy atom. The fourth-order valence-corrected chi connectivity index (χ4v) is 2.47. The third-order valence-electron chi connectivity index (χ3n) is 3.66. The number of fused-ring (bicyclic) bond motifs is 1. The highest BCUT2D eigenvalue weighted by molar-refractivity contribution is 6.21. The molecule has 0 aromatic heterocycles. The number of rotatable bonds is 3. The molecular formula is C17H10F3NO4. The van der Waals surface area contributed by atoms with Gasteiger partial charge in [-0.15, -0.1) is 0 Å². The van der Waals surface area contributed by atoms with Gasteiger partial charge in [-0.25, -0.2) is 9.69 Å². The van der Waals surface area contributed by atoms with Crippen LogP contribution in [0.15, 0.2) is 48.5 Å². The molecule has 0 aliphatic carbocycles. The first-order valence-corrected chi connectivity index (χ1v) is 7.09. The fourth-order valence-electron chi connectivity index (χ4n) is 2.47. The van der Waals surface area contributed by atoms with Gasteiger partial charge in [-0.3, -0.25) is 9.59 Å². The van der Waals surface area contributed by atoms with Crippen LogP contribution in [0.3, 0.4) is 0 Å². The summed E-state index contributed by atoms with van der Waals surface area (Å²) in [6.07, 6.45) is -4.73. The van der Waals surface area contributed by atoms with Crippen molar-refractivity contribution in [3.8, 4) is 0 Å². The summed E-state index contributed by atoms with van der Waals surface area (Å²) in [7, 11) is 0. The lowest BCUT2D eigenvalue weighted by Crippen LogP contribution is -2.33. The van der Waals surface area contributed by atoms with Crippen molar-refractivity contribution in [3.63, 3.8) is 0 Å². The van der Waals surface area contributed by atoms with E-state index in [0.717, 1.165) is 18.2 Å². The van der Waals surface area contributed by atoms with Crippen molar-refractivity contribution >= 4 is 17.8 Å². The number of alkyl halides is 3. The summed E-state index contributed by atoms with van der Waals surface area (Å²) in [5.41, 5.74) is -1.53. The molecule has 2 amide bonds. The molecule has 5 nitrogen and oxygen atoms in total. The summed E-state index contributed by atoms with van der Waals surface area (Å²) in [6.45, 7) is -0.766. The van der Waals surface area contributed by atoms with Gasteiger partial charge in [0.2, 0.25) is 0 Å². The van der Waals surface area contributed by atoms with Gasteiger partial charge in [-0.1, -0.05) is 24.3 Å². The topological polar surface area (TPSA) is 63.7 Å². The van der Waals surface area contributed by atoms with Crippen LogP contribution in [0, 0.1) is 0 Å². The van der Waals surface area contributed by atoms with Crippen LogP contribution < -0.4 is 0 Å². The summed E-state index contributed by atoms with van der Waals surface area (Å²) < 4.78 is 43.5. The van der Waals surface area contributed by atoms with Crippen molar-refractivity contribution in [1.29, 1.82) is 0 Å². The maximum Gasteiger partial charge on any atom is 0.417 e. The Morgan fingerprint density at radius 3 is 2.00 bits per heavy atom. The van der Waals surface area contributed by atoms with Gasteiger partial charge >= 0.3 is 12.1 Å². The van der Waals surface area contributed by atoms with Gasteiger partial charge in [-0.2, -0.15) is 13.2 Å². The summed E-state index contributed by atoms with van der Waals surface area (Å²) in [5, 5.41) is 0. The van der Waals surface area contributed by atoms with Crippen molar-refractivity contribution in [3.05, 3.63) is 70.8 Å². The number of benzene rings is 2. The number of esters is 1. The average molecular weight is 349 g/mol. The number of amides is 2. The molecule has 3 rings (SSSR count). The van der Waals surface area contributed by atoms with Crippen LogP contribution in [0.2, 0.25) is 0 Å². The molecule has 0 spiro atoms. The number of carbonyl (C=O) groups is 3. The Balaban J connectivity index is 1.77. The molecule has 0 atom stereocenters. The fraction of sp³-hybridized carbons (Fsp3) is 0.118. The molecule has 128 valence electrons. The SMILES string of the molecule is O=C(OCN1C(=O)c2ccccc2C1=O)c1ccccc1C(F)(F)F. The minimum absolute atomic E-state index is 0.152. The second kappa shape index (κ2) is 6.04. The molecule has 2 aromatic rings. The highest BCUT2D eigenvalue weighted by Gasteiger charge is 2.38. The number of hydrogen-bond donors (Lipinski definition) is 0. The van der Waals surface area contributed by atoms with E-state index >= 15 is 0 Å². The maximum absolute atomic E-state index is 12.9. The first kappa shape index (κ1) is 16.7. The van der Waals surface area contributed by atoms with E-state index in [1.165, 1.54) is 18.2 Å². The van der Waals surface area contributed by atoms with Gasteiger partial charge in [0.15, 0.2) is 6.73 Å². The maximum atomic E-state index is 12.9. The molecule has 0 unspecified atom stereocenters. The predicted octanol–water partition coefficient (Wildman–Crippen LogP) is 3.12. The number of halogens is 3. The summed E-state index contributed by atoms with van der Waals surface area (Å²) in [5.74, 6) is -2.61. The molecular weight excluding hydrogens is 339 g/mol. The van der Waals surface area contributed by atoms with Crippen molar-refractivity contribution in [2.75, 3.05) is 6.73 Å². The van der Waals surface area contributed by atoms with Crippen LogP contribution in [0.1, 0.15) is 36.6 Å². The lowest BCUT2D eigenvalue weighted by Gasteiger charge is -2.16. The largest absolute Gasteiger partial charge is 0.440 e. The molecule has 0 saturated heterocycles. The van der Waals surface area contributed by atoms with Crippen molar-refractivity contribution < 1.29 is 32.3 Å². The molecule has 8 heteroatoms. The highest BCUT2D eigenvalue weighted by Crippen LogP contribution is 2.32. The quantitative estimate of drug-likeness (QED) is 0.631. The molecule has 1 heterocycles. The normalized spacial score (nSPS) is 13.8. The van der Waals surface area contributed by atoms with Gasteiger partial charge in [0.1, 0.15) is 0 Å². The van der Waals surface area contributed by atoms with Gasteiger partial charge in [-0.05, 0) is 24.3 Å². The van der Waals surface area contributed by atoms with E-state index in [0.29, 0.717) is 4.90 Å². The third-order valence-corrected chi connectivity index (χ3v) is 3.66. The Morgan fingerprint density at radius 2 is 1.44 bits per heavy atom. The third kappa shape index (κ3) is 2.98. The minimum Gasteiger partial charge on any atom is -0.440 e. The molecule has 1 aliphatic rings. The standard InChI is InChI=1S/C17H10F3NO4/c18-17(19,20)13-8-4-3-7-12(13)16(24)25-9-21-14(22)10-5-1-2-6-11(10)15(21)23/h1-8H,9H2. The first-order valence-electron chi connectivity index (χ1n) is 7.09. The zero-order valence-corrected chi connectivity index (χ0v) is 12.5. The van der Waals surface area contributed by atoms with Crippen LogP contribution in [-0.2, 0) is 10.9 Å². The smallest absolute Gasteiger partial charge is 0.417 e. The van der Waals surface area contributed by atoms with Crippen LogP contribution in [0.4, 0.5) is 13.2 Å².